The number of hydrogen-bond donors (Lipinski definition) is 1. The molecule has 0 aromatic carbocycles. The van der Waals surface area contributed by atoms with E-state index in [0.717, 1.165) is 16.7 Å². The zero-order valence-corrected chi connectivity index (χ0v) is 15.9. The van der Waals surface area contributed by atoms with Crippen molar-refractivity contribution in [3.05, 3.63) is 47.4 Å². The Morgan fingerprint density at radius 2 is 1.90 bits per heavy atom. The van der Waals surface area contributed by atoms with Gasteiger partial charge in [-0.3, -0.25) is 9.78 Å². The summed E-state index contributed by atoms with van der Waals surface area (Å²) in [5.74, 6) is -0.852. The fraction of sp³-hybridized carbons (Fsp3) is 0.167. The van der Waals surface area contributed by atoms with Crippen LogP contribution in [0.25, 0.3) is 21.7 Å². The van der Waals surface area contributed by atoms with Gasteiger partial charge in [0, 0.05) is 47.6 Å². The molecule has 3 aromatic rings. The van der Waals surface area contributed by atoms with Gasteiger partial charge in [-0.1, -0.05) is 0 Å². The summed E-state index contributed by atoms with van der Waals surface area (Å²) in [4.78, 5) is 34.9. The Morgan fingerprint density at radius 3 is 2.52 bits per heavy atom. The molecule has 1 amide bonds. The fourth-order valence-corrected chi connectivity index (χ4v) is 3.31. The molecule has 150 valence electrons. The second-order valence-electron chi connectivity index (χ2n) is 5.79. The van der Waals surface area contributed by atoms with Gasteiger partial charge in [-0.25, -0.2) is 14.8 Å². The summed E-state index contributed by atoms with van der Waals surface area (Å²) < 4.78 is 43.6. The number of hydrogen-bond acceptors (Lipinski definition) is 7. The number of amides is 1. The van der Waals surface area contributed by atoms with E-state index in [9.17, 15) is 22.8 Å². The number of carbonyl (C=O) groups excluding carboxylic acids is 2. The second kappa shape index (κ2) is 7.95. The molecule has 0 saturated carbocycles. The van der Waals surface area contributed by atoms with E-state index in [1.54, 1.807) is 0 Å². The van der Waals surface area contributed by atoms with E-state index in [1.807, 2.05) is 0 Å². The monoisotopic (exact) mass is 422 g/mol. The number of methoxy groups -OCH3 is 1. The van der Waals surface area contributed by atoms with Crippen LogP contribution in [0, 0.1) is 0 Å². The van der Waals surface area contributed by atoms with E-state index >= 15 is 0 Å². The molecule has 0 aliphatic rings. The van der Waals surface area contributed by atoms with Gasteiger partial charge in [-0.05, 0) is 12.1 Å². The highest BCUT2D eigenvalue weighted by Crippen LogP contribution is 2.38. The largest absolute Gasteiger partial charge is 0.465 e. The molecule has 29 heavy (non-hydrogen) atoms. The number of carbonyl (C=O) groups is 2. The van der Waals surface area contributed by atoms with Crippen LogP contribution >= 0.6 is 11.3 Å². The van der Waals surface area contributed by atoms with Crippen molar-refractivity contribution in [2.24, 2.45) is 0 Å². The van der Waals surface area contributed by atoms with Crippen molar-refractivity contribution < 1.29 is 27.5 Å². The Hall–Kier alpha value is -3.34. The lowest BCUT2D eigenvalue weighted by atomic mass is 10.0. The lowest BCUT2D eigenvalue weighted by molar-refractivity contribution is -0.140. The Labute approximate surface area is 166 Å². The zero-order chi connectivity index (χ0) is 21.2. The van der Waals surface area contributed by atoms with Crippen LogP contribution in [0.1, 0.15) is 23.0 Å². The SMILES string of the molecule is COC(=O)c1cncc(-c2cnc(NC(C)=O)cc2-c2nc(C(F)(F)F)cs2)c1. The number of esters is 1. The van der Waals surface area contributed by atoms with Crippen LogP contribution in [-0.2, 0) is 15.7 Å². The maximum Gasteiger partial charge on any atom is 0.434 e. The summed E-state index contributed by atoms with van der Waals surface area (Å²) in [6.45, 7) is 1.28. The highest BCUT2D eigenvalue weighted by molar-refractivity contribution is 7.13. The van der Waals surface area contributed by atoms with E-state index in [1.165, 1.54) is 44.8 Å². The lowest BCUT2D eigenvalue weighted by Crippen LogP contribution is -2.08. The molecule has 0 spiro atoms. The standard InChI is InChI=1S/C18H13F3N4O3S/c1-9(26)24-15-4-12(16-25-14(8-29-16)18(19,20)21)13(7-23-15)10-3-11(6-22-5-10)17(27)28-2/h3-8H,1-2H3,(H,23,24,26). The third-order valence-corrected chi connectivity index (χ3v) is 4.58. The van der Waals surface area contributed by atoms with E-state index in [0.29, 0.717) is 16.7 Å². The minimum Gasteiger partial charge on any atom is -0.465 e. The van der Waals surface area contributed by atoms with Crippen molar-refractivity contribution >= 4 is 29.0 Å². The molecule has 11 heteroatoms. The third kappa shape index (κ3) is 4.57. The molecule has 0 radical (unpaired) electrons. The van der Waals surface area contributed by atoms with E-state index in [4.69, 9.17) is 0 Å². The minimum absolute atomic E-state index is 0.0739. The Morgan fingerprint density at radius 1 is 1.14 bits per heavy atom. The molecule has 0 fully saturated rings. The van der Waals surface area contributed by atoms with Crippen LogP contribution in [0.5, 0.6) is 0 Å². The Bertz CT molecular complexity index is 1080. The first-order valence-electron chi connectivity index (χ1n) is 8.03. The molecule has 0 atom stereocenters. The van der Waals surface area contributed by atoms with Crippen molar-refractivity contribution in [2.45, 2.75) is 13.1 Å². The molecule has 7 nitrogen and oxygen atoms in total. The van der Waals surface area contributed by atoms with Gasteiger partial charge < -0.3 is 10.1 Å². The molecule has 3 aromatic heterocycles. The Balaban J connectivity index is 2.16. The minimum atomic E-state index is -4.59. The first kappa shape index (κ1) is 20.4. The summed E-state index contributed by atoms with van der Waals surface area (Å²) in [7, 11) is 1.22. The summed E-state index contributed by atoms with van der Waals surface area (Å²) in [5.41, 5.74) is 0.252. The smallest absolute Gasteiger partial charge is 0.434 e. The maximum atomic E-state index is 13.0. The second-order valence-corrected chi connectivity index (χ2v) is 6.64. The number of aromatic nitrogens is 3. The van der Waals surface area contributed by atoms with Crippen LogP contribution in [0.4, 0.5) is 19.0 Å². The predicted octanol–water partition coefficient (Wildman–Crippen LogP) is 4.03. The van der Waals surface area contributed by atoms with Crippen LogP contribution in [0.3, 0.4) is 0 Å². The predicted molar refractivity (Wildman–Crippen MR) is 99.2 cm³/mol. The van der Waals surface area contributed by atoms with Gasteiger partial charge in [0.1, 0.15) is 10.8 Å². The van der Waals surface area contributed by atoms with Gasteiger partial charge in [0.2, 0.25) is 5.91 Å². The number of nitrogens with zero attached hydrogens (tertiary/aromatic N) is 3. The van der Waals surface area contributed by atoms with E-state index < -0.39 is 17.8 Å². The van der Waals surface area contributed by atoms with Crippen molar-refractivity contribution in [2.75, 3.05) is 12.4 Å². The van der Waals surface area contributed by atoms with Crippen LogP contribution in [0.15, 0.2) is 36.1 Å². The Kier molecular flexibility index (Phi) is 5.59. The molecule has 3 rings (SSSR count). The van der Waals surface area contributed by atoms with Crippen LogP contribution < -0.4 is 5.32 Å². The van der Waals surface area contributed by atoms with Gasteiger partial charge in [0.15, 0.2) is 5.69 Å². The first-order valence-corrected chi connectivity index (χ1v) is 8.91. The number of pyridine rings is 2. The molecule has 0 aliphatic carbocycles. The van der Waals surface area contributed by atoms with Gasteiger partial charge in [-0.15, -0.1) is 11.3 Å². The number of thiazole rings is 1. The normalized spacial score (nSPS) is 11.2. The highest BCUT2D eigenvalue weighted by Gasteiger charge is 2.34. The van der Waals surface area contributed by atoms with Crippen molar-refractivity contribution in [3.8, 4) is 21.7 Å². The average molecular weight is 422 g/mol. The quantitative estimate of drug-likeness (QED) is 0.638. The van der Waals surface area contributed by atoms with Gasteiger partial charge in [0.25, 0.3) is 0 Å². The van der Waals surface area contributed by atoms with Crippen LogP contribution in [-0.4, -0.2) is 33.9 Å². The average Bonchev–Trinajstić information content (AvgIpc) is 3.17. The zero-order valence-electron chi connectivity index (χ0n) is 15.1. The first-order chi connectivity index (χ1) is 13.7. The number of halogens is 3. The molecule has 0 unspecified atom stereocenters. The number of rotatable bonds is 4. The summed E-state index contributed by atoms with van der Waals surface area (Å²) in [5, 5.41) is 3.46. The van der Waals surface area contributed by atoms with Crippen LogP contribution in [0.2, 0.25) is 0 Å². The van der Waals surface area contributed by atoms with Crippen molar-refractivity contribution in [1.82, 2.24) is 15.0 Å². The molecule has 0 saturated heterocycles. The van der Waals surface area contributed by atoms with Gasteiger partial charge in [0.05, 0.1) is 12.7 Å². The lowest BCUT2D eigenvalue weighted by Gasteiger charge is -2.11. The summed E-state index contributed by atoms with van der Waals surface area (Å²) in [6.07, 6.45) is -0.481. The summed E-state index contributed by atoms with van der Waals surface area (Å²) in [6, 6.07) is 2.90. The molecule has 3 heterocycles. The number of anilines is 1. The molecular weight excluding hydrogens is 409 g/mol. The number of nitrogens with one attached hydrogen (secondary N) is 1. The fourth-order valence-electron chi connectivity index (χ4n) is 2.46. The van der Waals surface area contributed by atoms with E-state index in [2.05, 4.69) is 25.0 Å². The summed E-state index contributed by atoms with van der Waals surface area (Å²) >= 11 is 0.797. The van der Waals surface area contributed by atoms with E-state index in [-0.39, 0.29) is 22.3 Å². The number of ether oxygens (including phenoxy) is 1. The van der Waals surface area contributed by atoms with Gasteiger partial charge >= 0.3 is 12.1 Å². The van der Waals surface area contributed by atoms with Crippen molar-refractivity contribution in [1.29, 1.82) is 0 Å². The molecule has 1 N–H and O–H groups in total. The van der Waals surface area contributed by atoms with Crippen molar-refractivity contribution in [3.63, 3.8) is 0 Å². The number of alkyl halides is 3. The van der Waals surface area contributed by atoms with Gasteiger partial charge in [-0.2, -0.15) is 13.2 Å². The molecular formula is C18H13F3N4O3S. The topological polar surface area (TPSA) is 94.1 Å². The highest BCUT2D eigenvalue weighted by atomic mass is 32.1. The molecule has 0 aliphatic heterocycles. The third-order valence-electron chi connectivity index (χ3n) is 3.70. The maximum absolute atomic E-state index is 13.0. The molecule has 0 bridgehead atoms.